The predicted octanol–water partition coefficient (Wildman–Crippen LogP) is 1.42. The van der Waals surface area contributed by atoms with Gasteiger partial charge >= 0.3 is 0 Å². The average Bonchev–Trinajstić information content (AvgIpc) is 2.16. The number of aromatic hydroxyl groups is 2. The van der Waals surface area contributed by atoms with E-state index in [0.29, 0.717) is 16.5 Å². The predicted molar refractivity (Wildman–Crippen MR) is 56.1 cm³/mol. The number of hydrogen-bond acceptors (Lipinski definition) is 4. The Morgan fingerprint density at radius 2 is 1.50 bits per heavy atom. The largest absolute Gasteiger partial charge is 0.507 e. The second-order valence-corrected chi connectivity index (χ2v) is 3.09. The van der Waals surface area contributed by atoms with Gasteiger partial charge < -0.3 is 21.7 Å². The Bertz CT molecular complexity index is 509. The first-order valence-electron chi connectivity index (χ1n) is 4.10. The van der Waals surface area contributed by atoms with Gasteiger partial charge in [-0.2, -0.15) is 0 Å². The van der Waals surface area contributed by atoms with Crippen molar-refractivity contribution in [3.05, 3.63) is 24.3 Å². The minimum atomic E-state index is -0.0570. The molecule has 0 radical (unpaired) electrons. The molecule has 0 atom stereocenters. The van der Waals surface area contributed by atoms with Crippen LogP contribution in [0.3, 0.4) is 0 Å². The molecule has 0 saturated carbocycles. The third-order valence-electron chi connectivity index (χ3n) is 2.21. The van der Waals surface area contributed by atoms with Gasteiger partial charge in [-0.15, -0.1) is 0 Å². The maximum Gasteiger partial charge on any atom is 0.139 e. The Morgan fingerprint density at radius 3 is 2.21 bits per heavy atom. The van der Waals surface area contributed by atoms with E-state index in [4.69, 9.17) is 11.5 Å². The van der Waals surface area contributed by atoms with Crippen molar-refractivity contribution >= 4 is 22.1 Å². The highest BCUT2D eigenvalue weighted by atomic mass is 16.3. The summed E-state index contributed by atoms with van der Waals surface area (Å²) in [6, 6.07) is 6.12. The molecule has 0 saturated heterocycles. The van der Waals surface area contributed by atoms with Crippen LogP contribution >= 0.6 is 0 Å². The number of rotatable bonds is 0. The SMILES string of the molecule is Nc1ccc(O)c2c(N)c(O)ccc12. The Morgan fingerprint density at radius 1 is 0.857 bits per heavy atom. The number of anilines is 2. The van der Waals surface area contributed by atoms with E-state index in [2.05, 4.69) is 0 Å². The smallest absolute Gasteiger partial charge is 0.139 e. The first-order valence-corrected chi connectivity index (χ1v) is 4.10. The Kier molecular flexibility index (Phi) is 1.64. The molecule has 0 aromatic heterocycles. The van der Waals surface area contributed by atoms with Crippen LogP contribution < -0.4 is 11.5 Å². The summed E-state index contributed by atoms with van der Waals surface area (Å²) in [5.41, 5.74) is 12.0. The topological polar surface area (TPSA) is 92.5 Å². The van der Waals surface area contributed by atoms with Crippen molar-refractivity contribution in [3.8, 4) is 11.5 Å². The second-order valence-electron chi connectivity index (χ2n) is 3.09. The molecule has 2 rings (SSSR count). The molecule has 6 N–H and O–H groups in total. The van der Waals surface area contributed by atoms with Crippen molar-refractivity contribution in [2.24, 2.45) is 0 Å². The molecule has 0 aliphatic heterocycles. The highest BCUT2D eigenvalue weighted by molar-refractivity contribution is 6.05. The lowest BCUT2D eigenvalue weighted by Gasteiger charge is -2.08. The summed E-state index contributed by atoms with van der Waals surface area (Å²) in [5.74, 6) is -0.0407. The summed E-state index contributed by atoms with van der Waals surface area (Å²) in [4.78, 5) is 0. The molecule has 0 spiro atoms. The third kappa shape index (κ3) is 1.01. The number of nitrogens with two attached hydrogens (primary N) is 2. The van der Waals surface area contributed by atoms with Crippen molar-refractivity contribution in [3.63, 3.8) is 0 Å². The summed E-state index contributed by atoms with van der Waals surface area (Å²) in [6.07, 6.45) is 0. The van der Waals surface area contributed by atoms with Crippen molar-refractivity contribution in [1.29, 1.82) is 0 Å². The molecule has 0 aliphatic rings. The zero-order chi connectivity index (χ0) is 10.3. The summed E-state index contributed by atoms with van der Waals surface area (Å²) < 4.78 is 0. The zero-order valence-electron chi connectivity index (χ0n) is 7.36. The number of benzene rings is 2. The standard InChI is InChI=1S/C10H10N2O2/c11-6-2-4-7(13)9-5(6)1-3-8(14)10(9)12/h1-4,13-14H,11-12H2. The van der Waals surface area contributed by atoms with Crippen LogP contribution in [0.1, 0.15) is 0 Å². The lowest BCUT2D eigenvalue weighted by molar-refractivity contribution is 0.474. The van der Waals surface area contributed by atoms with E-state index >= 15 is 0 Å². The molecular formula is C10H10N2O2. The summed E-state index contributed by atoms with van der Waals surface area (Å²) in [5, 5.41) is 19.9. The maximum atomic E-state index is 9.55. The van der Waals surface area contributed by atoms with Crippen LogP contribution in [0.5, 0.6) is 11.5 Å². The van der Waals surface area contributed by atoms with Gasteiger partial charge in [-0.25, -0.2) is 0 Å². The van der Waals surface area contributed by atoms with Crippen LogP contribution in [0.15, 0.2) is 24.3 Å². The molecule has 4 nitrogen and oxygen atoms in total. The number of hydrogen-bond donors (Lipinski definition) is 4. The lowest BCUT2D eigenvalue weighted by Crippen LogP contribution is -1.92. The number of phenols is 2. The molecule has 0 unspecified atom stereocenters. The van der Waals surface area contributed by atoms with Crippen LogP contribution in [-0.4, -0.2) is 10.2 Å². The van der Waals surface area contributed by atoms with E-state index in [0.717, 1.165) is 0 Å². The highest BCUT2D eigenvalue weighted by Crippen LogP contribution is 2.37. The van der Waals surface area contributed by atoms with Gasteiger partial charge in [0, 0.05) is 11.1 Å². The molecule has 0 bridgehead atoms. The molecule has 0 heterocycles. The van der Waals surface area contributed by atoms with E-state index in [9.17, 15) is 10.2 Å². The monoisotopic (exact) mass is 190 g/mol. The van der Waals surface area contributed by atoms with Crippen LogP contribution in [0.25, 0.3) is 10.8 Å². The van der Waals surface area contributed by atoms with Gasteiger partial charge in [-0.05, 0) is 24.3 Å². The van der Waals surface area contributed by atoms with E-state index in [1.54, 1.807) is 12.1 Å². The maximum absolute atomic E-state index is 9.55. The van der Waals surface area contributed by atoms with Crippen LogP contribution in [-0.2, 0) is 0 Å². The first-order chi connectivity index (χ1) is 6.61. The zero-order valence-corrected chi connectivity index (χ0v) is 7.36. The fourth-order valence-corrected chi connectivity index (χ4v) is 1.47. The van der Waals surface area contributed by atoms with Crippen LogP contribution in [0.4, 0.5) is 11.4 Å². The van der Waals surface area contributed by atoms with Crippen LogP contribution in [0.2, 0.25) is 0 Å². The number of nitrogen functional groups attached to an aromatic ring is 2. The molecular weight excluding hydrogens is 180 g/mol. The molecule has 14 heavy (non-hydrogen) atoms. The molecule has 2 aromatic carbocycles. The van der Waals surface area contributed by atoms with E-state index in [1.165, 1.54) is 12.1 Å². The lowest BCUT2D eigenvalue weighted by atomic mass is 10.1. The van der Waals surface area contributed by atoms with Crippen LogP contribution in [0, 0.1) is 0 Å². The normalized spacial score (nSPS) is 10.6. The van der Waals surface area contributed by atoms with Gasteiger partial charge in [0.1, 0.15) is 11.5 Å². The minimum absolute atomic E-state index is 0.0163. The molecule has 2 aromatic rings. The summed E-state index contributed by atoms with van der Waals surface area (Å²) >= 11 is 0. The molecule has 4 heteroatoms. The molecule has 0 aliphatic carbocycles. The van der Waals surface area contributed by atoms with Crippen molar-refractivity contribution in [2.75, 3.05) is 11.5 Å². The quantitative estimate of drug-likeness (QED) is 0.287. The Hall–Kier alpha value is -2.10. The average molecular weight is 190 g/mol. The number of phenolic OH excluding ortho intramolecular Hbond substituents is 2. The molecule has 0 amide bonds. The third-order valence-corrected chi connectivity index (χ3v) is 2.21. The highest BCUT2D eigenvalue weighted by Gasteiger charge is 2.09. The first kappa shape index (κ1) is 8.50. The van der Waals surface area contributed by atoms with Gasteiger partial charge in [0.05, 0.1) is 11.1 Å². The Labute approximate surface area is 80.4 Å². The van der Waals surface area contributed by atoms with Gasteiger partial charge in [-0.3, -0.25) is 0 Å². The van der Waals surface area contributed by atoms with Crippen molar-refractivity contribution in [1.82, 2.24) is 0 Å². The minimum Gasteiger partial charge on any atom is -0.507 e. The van der Waals surface area contributed by atoms with E-state index < -0.39 is 0 Å². The van der Waals surface area contributed by atoms with Gasteiger partial charge in [-0.1, -0.05) is 0 Å². The van der Waals surface area contributed by atoms with Crippen molar-refractivity contribution < 1.29 is 10.2 Å². The summed E-state index contributed by atoms with van der Waals surface area (Å²) in [7, 11) is 0. The van der Waals surface area contributed by atoms with Crippen molar-refractivity contribution in [2.45, 2.75) is 0 Å². The molecule has 0 fully saturated rings. The van der Waals surface area contributed by atoms with E-state index in [1.807, 2.05) is 0 Å². The molecule has 72 valence electrons. The number of fused-ring (bicyclic) bond motifs is 1. The fourth-order valence-electron chi connectivity index (χ4n) is 1.47. The van der Waals surface area contributed by atoms with Gasteiger partial charge in [0.25, 0.3) is 0 Å². The Balaban J connectivity index is 3.01. The summed E-state index contributed by atoms with van der Waals surface area (Å²) in [6.45, 7) is 0. The fraction of sp³-hybridized carbons (Fsp3) is 0. The second kappa shape index (κ2) is 2.70. The van der Waals surface area contributed by atoms with Gasteiger partial charge in [0.15, 0.2) is 0 Å². The van der Waals surface area contributed by atoms with Gasteiger partial charge in [0.2, 0.25) is 0 Å². The van der Waals surface area contributed by atoms with E-state index in [-0.39, 0.29) is 17.2 Å².